The van der Waals surface area contributed by atoms with Crippen LogP contribution >= 0.6 is 11.3 Å². The summed E-state index contributed by atoms with van der Waals surface area (Å²) in [4.78, 5) is 5.33. The second-order valence-corrected chi connectivity index (χ2v) is 4.81. The molecule has 0 spiro atoms. The summed E-state index contributed by atoms with van der Waals surface area (Å²) in [5.41, 5.74) is -0.495. The number of aliphatic hydroxyl groups is 1. The summed E-state index contributed by atoms with van der Waals surface area (Å²) in [6.45, 7) is 4.25. The summed E-state index contributed by atoms with van der Waals surface area (Å²) >= 11 is 1.65. The highest BCUT2D eigenvalue weighted by atomic mass is 32.1. The molecule has 0 bridgehead atoms. The van der Waals surface area contributed by atoms with Gasteiger partial charge in [-0.15, -0.1) is 11.3 Å². The standard InChI is InChI=1S/C9H13NOS/c1-6(2)8-10-5-7(12-8)9(11)3-4-9/h5-6,11H,3-4H2,1-2H3. The topological polar surface area (TPSA) is 33.1 Å². The summed E-state index contributed by atoms with van der Waals surface area (Å²) in [5, 5.41) is 10.9. The molecule has 0 aliphatic heterocycles. The Balaban J connectivity index is 2.25. The Labute approximate surface area is 76.3 Å². The van der Waals surface area contributed by atoms with Crippen molar-refractivity contribution in [2.24, 2.45) is 0 Å². The highest BCUT2D eigenvalue weighted by Gasteiger charge is 2.43. The van der Waals surface area contributed by atoms with Gasteiger partial charge in [-0.1, -0.05) is 13.8 Å². The van der Waals surface area contributed by atoms with E-state index in [4.69, 9.17) is 0 Å². The molecule has 0 unspecified atom stereocenters. The van der Waals surface area contributed by atoms with Crippen LogP contribution in [0, 0.1) is 0 Å². The van der Waals surface area contributed by atoms with Crippen molar-refractivity contribution < 1.29 is 5.11 Å². The fourth-order valence-corrected chi connectivity index (χ4v) is 2.20. The van der Waals surface area contributed by atoms with Crippen LogP contribution in [0.2, 0.25) is 0 Å². The highest BCUT2D eigenvalue weighted by Crippen LogP contribution is 2.47. The predicted molar refractivity (Wildman–Crippen MR) is 49.3 cm³/mol. The van der Waals surface area contributed by atoms with Gasteiger partial charge in [0.2, 0.25) is 0 Å². The van der Waals surface area contributed by atoms with Gasteiger partial charge < -0.3 is 5.11 Å². The molecule has 12 heavy (non-hydrogen) atoms. The number of hydrogen-bond acceptors (Lipinski definition) is 3. The van der Waals surface area contributed by atoms with Gasteiger partial charge in [-0.2, -0.15) is 0 Å². The quantitative estimate of drug-likeness (QED) is 0.762. The SMILES string of the molecule is CC(C)c1ncc(C2(O)CC2)s1. The Bertz CT molecular complexity index is 288. The van der Waals surface area contributed by atoms with E-state index in [1.807, 2.05) is 6.20 Å². The molecule has 1 aromatic rings. The minimum atomic E-state index is -0.495. The second-order valence-electron chi connectivity index (χ2n) is 3.75. The van der Waals surface area contributed by atoms with Crippen molar-refractivity contribution in [2.45, 2.75) is 38.2 Å². The van der Waals surface area contributed by atoms with E-state index in [-0.39, 0.29) is 0 Å². The van der Waals surface area contributed by atoms with Crippen LogP contribution in [-0.4, -0.2) is 10.1 Å². The third-order valence-electron chi connectivity index (χ3n) is 2.20. The lowest BCUT2D eigenvalue weighted by Gasteiger charge is -2.01. The first-order valence-corrected chi connectivity index (χ1v) is 5.12. The van der Waals surface area contributed by atoms with Crippen molar-refractivity contribution in [3.05, 3.63) is 16.1 Å². The number of rotatable bonds is 2. The molecule has 1 N–H and O–H groups in total. The van der Waals surface area contributed by atoms with Crippen LogP contribution in [0.15, 0.2) is 6.20 Å². The average molecular weight is 183 g/mol. The van der Waals surface area contributed by atoms with Gasteiger partial charge in [0, 0.05) is 12.1 Å². The largest absolute Gasteiger partial charge is 0.384 e. The average Bonchev–Trinajstić information content (AvgIpc) is 2.61. The summed E-state index contributed by atoms with van der Waals surface area (Å²) < 4.78 is 0. The maximum absolute atomic E-state index is 9.77. The van der Waals surface area contributed by atoms with E-state index in [0.29, 0.717) is 5.92 Å². The molecule has 2 nitrogen and oxygen atoms in total. The molecule has 1 fully saturated rings. The zero-order valence-electron chi connectivity index (χ0n) is 7.37. The van der Waals surface area contributed by atoms with Gasteiger partial charge >= 0.3 is 0 Å². The Morgan fingerprint density at radius 1 is 1.58 bits per heavy atom. The first-order chi connectivity index (χ1) is 5.62. The van der Waals surface area contributed by atoms with Crippen LogP contribution in [-0.2, 0) is 5.60 Å². The minimum Gasteiger partial charge on any atom is -0.384 e. The Morgan fingerprint density at radius 3 is 2.67 bits per heavy atom. The van der Waals surface area contributed by atoms with Gasteiger partial charge in [-0.05, 0) is 12.8 Å². The van der Waals surface area contributed by atoms with Crippen LogP contribution in [0.4, 0.5) is 0 Å². The molecule has 0 saturated heterocycles. The van der Waals surface area contributed by atoms with Crippen molar-refractivity contribution >= 4 is 11.3 Å². The molecule has 0 radical (unpaired) electrons. The Morgan fingerprint density at radius 2 is 2.25 bits per heavy atom. The molecule has 1 aliphatic carbocycles. The molecule has 2 rings (SSSR count). The molecule has 1 aromatic heterocycles. The maximum atomic E-state index is 9.77. The van der Waals surface area contributed by atoms with Crippen LogP contribution in [0.1, 0.15) is 42.5 Å². The van der Waals surface area contributed by atoms with E-state index in [9.17, 15) is 5.11 Å². The summed E-state index contributed by atoms with van der Waals surface area (Å²) in [7, 11) is 0. The molecule has 66 valence electrons. The van der Waals surface area contributed by atoms with Gasteiger partial charge in [0.1, 0.15) is 5.60 Å². The lowest BCUT2D eigenvalue weighted by Crippen LogP contribution is -1.99. The summed E-state index contributed by atoms with van der Waals surface area (Å²) in [6, 6.07) is 0. The summed E-state index contributed by atoms with van der Waals surface area (Å²) in [6.07, 6.45) is 3.65. The number of thiazole rings is 1. The van der Waals surface area contributed by atoms with E-state index in [1.165, 1.54) is 0 Å². The smallest absolute Gasteiger partial charge is 0.101 e. The van der Waals surface area contributed by atoms with Crippen LogP contribution in [0.3, 0.4) is 0 Å². The van der Waals surface area contributed by atoms with E-state index in [2.05, 4.69) is 18.8 Å². The normalized spacial score (nSPS) is 20.0. The number of nitrogens with zero attached hydrogens (tertiary/aromatic N) is 1. The molecule has 1 aliphatic rings. The fraction of sp³-hybridized carbons (Fsp3) is 0.667. The van der Waals surface area contributed by atoms with Crippen molar-refractivity contribution in [1.29, 1.82) is 0 Å². The zero-order valence-corrected chi connectivity index (χ0v) is 8.19. The van der Waals surface area contributed by atoms with E-state index < -0.39 is 5.60 Å². The Kier molecular flexibility index (Phi) is 1.73. The number of hydrogen-bond donors (Lipinski definition) is 1. The van der Waals surface area contributed by atoms with Crippen LogP contribution < -0.4 is 0 Å². The minimum absolute atomic E-state index is 0.478. The maximum Gasteiger partial charge on any atom is 0.101 e. The lowest BCUT2D eigenvalue weighted by atomic mass is 10.2. The molecular formula is C9H13NOS. The van der Waals surface area contributed by atoms with E-state index in [1.54, 1.807) is 11.3 Å². The highest BCUT2D eigenvalue weighted by molar-refractivity contribution is 7.11. The molecule has 0 atom stereocenters. The van der Waals surface area contributed by atoms with Gasteiger partial charge in [-0.3, -0.25) is 0 Å². The van der Waals surface area contributed by atoms with Crippen LogP contribution in [0.5, 0.6) is 0 Å². The van der Waals surface area contributed by atoms with Crippen molar-refractivity contribution in [2.75, 3.05) is 0 Å². The molecule has 1 heterocycles. The molecule has 3 heteroatoms. The molecule has 0 aromatic carbocycles. The van der Waals surface area contributed by atoms with Gasteiger partial charge in [0.25, 0.3) is 0 Å². The molecular weight excluding hydrogens is 170 g/mol. The zero-order chi connectivity index (χ0) is 8.77. The second kappa shape index (κ2) is 2.54. The first kappa shape index (κ1) is 8.20. The van der Waals surface area contributed by atoms with Crippen molar-refractivity contribution in [3.8, 4) is 0 Å². The van der Waals surface area contributed by atoms with E-state index in [0.717, 1.165) is 22.7 Å². The third-order valence-corrected chi connectivity index (χ3v) is 3.69. The first-order valence-electron chi connectivity index (χ1n) is 4.30. The van der Waals surface area contributed by atoms with E-state index >= 15 is 0 Å². The monoisotopic (exact) mass is 183 g/mol. The van der Waals surface area contributed by atoms with Crippen LogP contribution in [0.25, 0.3) is 0 Å². The third kappa shape index (κ3) is 1.27. The lowest BCUT2D eigenvalue weighted by molar-refractivity contribution is 0.155. The van der Waals surface area contributed by atoms with Gasteiger partial charge in [0.05, 0.1) is 9.88 Å². The van der Waals surface area contributed by atoms with Crippen molar-refractivity contribution in [3.63, 3.8) is 0 Å². The summed E-state index contributed by atoms with van der Waals surface area (Å²) in [5.74, 6) is 0.478. The number of aromatic nitrogens is 1. The predicted octanol–water partition coefficient (Wildman–Crippen LogP) is 2.25. The molecule has 0 amide bonds. The fourth-order valence-electron chi connectivity index (χ4n) is 1.13. The Hall–Kier alpha value is -0.410. The van der Waals surface area contributed by atoms with Gasteiger partial charge in [0.15, 0.2) is 0 Å². The van der Waals surface area contributed by atoms with Gasteiger partial charge in [-0.25, -0.2) is 4.98 Å². The van der Waals surface area contributed by atoms with Crippen molar-refractivity contribution in [1.82, 2.24) is 4.98 Å². The molecule has 1 saturated carbocycles.